The summed E-state index contributed by atoms with van der Waals surface area (Å²) in [6, 6.07) is 2.24. The zero-order valence-electron chi connectivity index (χ0n) is 25.6. The third-order valence-corrected chi connectivity index (χ3v) is 7.19. The summed E-state index contributed by atoms with van der Waals surface area (Å²) in [4.78, 5) is 18.8. The molecule has 1 unspecified atom stereocenters. The Kier molecular flexibility index (Phi) is 21.0. The van der Waals surface area contributed by atoms with Crippen LogP contribution in [-0.2, 0) is 4.74 Å². The maximum Gasteiger partial charge on any atom is 0.224 e. The summed E-state index contributed by atoms with van der Waals surface area (Å²) >= 11 is 1.63. The van der Waals surface area contributed by atoms with Gasteiger partial charge in [0.1, 0.15) is 16.3 Å². The molecule has 3 heterocycles. The SMILES string of the molecule is C#C.C#C.C#N.CO.CO.COCCNc1nc(C)c(-c2nc3c(C)nccc3s2)c(N[C@H]2CCC(C(C)(C)O)C2)n1. The second kappa shape index (κ2) is 21.9. The highest BCUT2D eigenvalue weighted by atomic mass is 32.1. The molecule has 1 saturated carbocycles. The first-order valence-corrected chi connectivity index (χ1v) is 13.7. The van der Waals surface area contributed by atoms with Gasteiger partial charge in [-0.3, -0.25) is 4.98 Å². The predicted molar refractivity (Wildman–Crippen MR) is 172 cm³/mol. The molecule has 0 amide bonds. The van der Waals surface area contributed by atoms with Crippen molar-refractivity contribution in [1.29, 1.82) is 5.26 Å². The minimum atomic E-state index is -0.675. The molecule has 3 aromatic heterocycles. The molecule has 1 fully saturated rings. The van der Waals surface area contributed by atoms with Crippen LogP contribution in [0.15, 0.2) is 12.3 Å². The number of nitrogens with one attached hydrogen (secondary N) is 2. The average Bonchev–Trinajstić information content (AvgIpc) is 3.67. The van der Waals surface area contributed by atoms with Gasteiger partial charge in [-0.15, -0.1) is 37.0 Å². The number of terminal acetylenes is 2. The lowest BCUT2D eigenvalue weighted by molar-refractivity contribution is 0.0197. The number of rotatable bonds is 8. The Balaban J connectivity index is 0. The molecule has 230 valence electrons. The van der Waals surface area contributed by atoms with E-state index in [1.54, 1.807) is 18.4 Å². The van der Waals surface area contributed by atoms with Crippen molar-refractivity contribution >= 4 is 33.3 Å². The Morgan fingerprint density at radius 3 is 2.17 bits per heavy atom. The minimum absolute atomic E-state index is 0.240. The number of anilines is 2. The number of aliphatic hydroxyl groups excluding tert-OH is 2. The first-order valence-electron chi connectivity index (χ1n) is 12.9. The Hall–Kier alpha value is -3.83. The van der Waals surface area contributed by atoms with Crippen molar-refractivity contribution in [3.8, 4) is 42.8 Å². The van der Waals surface area contributed by atoms with Crippen LogP contribution in [0, 0.1) is 57.3 Å². The molecule has 11 nitrogen and oxygen atoms in total. The van der Waals surface area contributed by atoms with Gasteiger partial charge in [-0.25, -0.2) is 15.2 Å². The summed E-state index contributed by atoms with van der Waals surface area (Å²) < 4.78 is 6.24. The Bertz CT molecular complexity index is 1220. The van der Waals surface area contributed by atoms with Crippen LogP contribution < -0.4 is 10.6 Å². The molecule has 1 aliphatic carbocycles. The van der Waals surface area contributed by atoms with Crippen LogP contribution in [-0.4, -0.2) is 81.4 Å². The average molecular weight is 600 g/mol. The number of hydrogen-bond acceptors (Lipinski definition) is 12. The van der Waals surface area contributed by atoms with E-state index in [0.29, 0.717) is 19.1 Å². The predicted octanol–water partition coefficient (Wildman–Crippen LogP) is 4.03. The molecule has 2 atom stereocenters. The largest absolute Gasteiger partial charge is 0.400 e. The zero-order chi connectivity index (χ0) is 32.9. The van der Waals surface area contributed by atoms with Crippen molar-refractivity contribution in [2.75, 3.05) is 45.1 Å². The van der Waals surface area contributed by atoms with Crippen LogP contribution in [0.4, 0.5) is 11.8 Å². The minimum Gasteiger partial charge on any atom is -0.400 e. The van der Waals surface area contributed by atoms with Gasteiger partial charge in [-0.05, 0) is 58.9 Å². The number of nitriles is 1. The molecule has 12 heteroatoms. The van der Waals surface area contributed by atoms with Crippen molar-refractivity contribution in [2.24, 2.45) is 5.92 Å². The van der Waals surface area contributed by atoms with Gasteiger partial charge in [-0.1, -0.05) is 0 Å². The van der Waals surface area contributed by atoms with E-state index < -0.39 is 5.60 Å². The van der Waals surface area contributed by atoms with Crippen LogP contribution in [0.3, 0.4) is 0 Å². The second-order valence-electron chi connectivity index (χ2n) is 9.04. The smallest absolute Gasteiger partial charge is 0.224 e. The summed E-state index contributed by atoms with van der Waals surface area (Å²) in [7, 11) is 3.67. The van der Waals surface area contributed by atoms with E-state index in [1.165, 1.54) is 0 Å². The Morgan fingerprint density at radius 2 is 1.64 bits per heavy atom. The third kappa shape index (κ3) is 11.6. The van der Waals surface area contributed by atoms with Crippen molar-refractivity contribution < 1.29 is 20.1 Å². The molecule has 0 radical (unpaired) electrons. The fourth-order valence-electron chi connectivity index (χ4n) is 4.31. The van der Waals surface area contributed by atoms with Gasteiger partial charge in [0.2, 0.25) is 5.95 Å². The van der Waals surface area contributed by atoms with E-state index >= 15 is 0 Å². The summed E-state index contributed by atoms with van der Waals surface area (Å²) in [5.41, 5.74) is 2.95. The van der Waals surface area contributed by atoms with Crippen molar-refractivity contribution in [3.05, 3.63) is 23.7 Å². The molecule has 0 saturated heterocycles. The number of pyridine rings is 1. The molecule has 4 rings (SSSR count). The van der Waals surface area contributed by atoms with E-state index in [9.17, 15) is 5.11 Å². The number of aliphatic hydroxyl groups is 3. The van der Waals surface area contributed by atoms with Gasteiger partial charge in [0.05, 0.1) is 33.9 Å². The molecule has 0 spiro atoms. The summed E-state index contributed by atoms with van der Waals surface area (Å²) in [6.07, 6.45) is 20.7. The van der Waals surface area contributed by atoms with E-state index in [0.717, 1.165) is 71.5 Å². The third-order valence-electron chi connectivity index (χ3n) is 6.16. The van der Waals surface area contributed by atoms with Gasteiger partial charge in [-0.2, -0.15) is 4.98 Å². The topological polar surface area (TPSA) is 169 Å². The molecule has 0 aliphatic heterocycles. The van der Waals surface area contributed by atoms with Crippen LogP contribution in [0.5, 0.6) is 0 Å². The number of ether oxygens (including phenoxy) is 1. The second-order valence-corrected chi connectivity index (χ2v) is 10.1. The monoisotopic (exact) mass is 599 g/mol. The van der Waals surface area contributed by atoms with Gasteiger partial charge in [0.25, 0.3) is 0 Å². The first kappa shape index (κ1) is 40.3. The molecule has 42 heavy (non-hydrogen) atoms. The first-order chi connectivity index (χ1) is 20.3. The highest BCUT2D eigenvalue weighted by Crippen LogP contribution is 2.39. The van der Waals surface area contributed by atoms with Gasteiger partial charge < -0.3 is 30.7 Å². The van der Waals surface area contributed by atoms with Crippen molar-refractivity contribution in [1.82, 2.24) is 19.9 Å². The molecule has 0 aromatic carbocycles. The highest BCUT2D eigenvalue weighted by molar-refractivity contribution is 7.21. The molecule has 1 aliphatic rings. The van der Waals surface area contributed by atoms with Crippen LogP contribution in [0.25, 0.3) is 20.8 Å². The van der Waals surface area contributed by atoms with Crippen LogP contribution in [0.2, 0.25) is 0 Å². The van der Waals surface area contributed by atoms with Gasteiger partial charge in [0.15, 0.2) is 0 Å². The van der Waals surface area contributed by atoms with Crippen molar-refractivity contribution in [3.63, 3.8) is 0 Å². The van der Waals surface area contributed by atoms with E-state index in [1.807, 2.05) is 40.0 Å². The number of aromatic nitrogens is 4. The molecule has 0 bridgehead atoms. The van der Waals surface area contributed by atoms with Crippen molar-refractivity contribution in [2.45, 2.75) is 58.6 Å². The van der Waals surface area contributed by atoms with Crippen LogP contribution in [0.1, 0.15) is 44.5 Å². The lowest BCUT2D eigenvalue weighted by Gasteiger charge is -2.25. The molecule has 5 N–H and O–H groups in total. The van der Waals surface area contributed by atoms with Gasteiger partial charge in [0, 0.05) is 46.7 Å². The standard InChI is InChI=1S/C23H32N6O2S.2C2H2.CHN.2CH4O/c1-13-18(21-28-19-14(2)24-9-8-17(19)32-21)20(29-22(26-13)25-10-11-31-5)27-16-7-6-15(12-16)23(3,4)30;5*1-2/h8-9,15-16,30H,6-7,10-12H2,1-5H3,(H2,25,26,27,29);2*1-2H;1H;2*2H,1H3/t15?,16-;;;;;/m0...../s1. The number of nitrogens with zero attached hydrogens (tertiary/aromatic N) is 5. The normalized spacial score (nSPS) is 14.9. The lowest BCUT2D eigenvalue weighted by atomic mass is 9.89. The Morgan fingerprint density at radius 1 is 1.02 bits per heavy atom. The summed E-state index contributed by atoms with van der Waals surface area (Å²) in [5, 5.41) is 38.7. The maximum atomic E-state index is 10.5. The summed E-state index contributed by atoms with van der Waals surface area (Å²) in [5.74, 6) is 1.62. The number of hydrogen-bond donors (Lipinski definition) is 5. The number of aryl methyl sites for hydroxylation is 2. The zero-order valence-corrected chi connectivity index (χ0v) is 26.4. The van der Waals surface area contributed by atoms with E-state index in [2.05, 4.69) is 47.9 Å². The van der Waals surface area contributed by atoms with Gasteiger partial charge >= 0.3 is 0 Å². The maximum absolute atomic E-state index is 10.5. The van der Waals surface area contributed by atoms with Crippen LogP contribution >= 0.6 is 11.3 Å². The highest BCUT2D eigenvalue weighted by Gasteiger charge is 2.35. The number of thiazole rings is 1. The number of fused-ring (bicyclic) bond motifs is 1. The fraction of sp³-hybridized carbons (Fsp3) is 0.500. The number of methoxy groups -OCH3 is 1. The Labute approximate surface area is 254 Å². The fourth-order valence-corrected chi connectivity index (χ4v) is 5.42. The lowest BCUT2D eigenvalue weighted by Crippen LogP contribution is -2.30. The molecular formula is C30H45N7O4S. The molecule has 3 aromatic rings. The molecular weight excluding hydrogens is 554 g/mol. The van der Waals surface area contributed by atoms with E-state index in [-0.39, 0.29) is 12.0 Å². The summed E-state index contributed by atoms with van der Waals surface area (Å²) in [6.45, 7) is 12.5. The van der Waals surface area contributed by atoms with E-state index in [4.69, 9.17) is 35.2 Å². The quantitative estimate of drug-likeness (QED) is 0.187.